The number of hydrogen-bond acceptors (Lipinski definition) is 4. The smallest absolute Gasteiger partial charge is 0.207 e. The van der Waals surface area contributed by atoms with Crippen molar-refractivity contribution in [2.45, 2.75) is 51.9 Å². The van der Waals surface area contributed by atoms with Crippen LogP contribution in [0, 0.1) is 25.6 Å². The lowest BCUT2D eigenvalue weighted by Gasteiger charge is -2.37. The molecule has 6 heteroatoms. The molecular formula is C24H24ClFO4. The Bertz CT molecular complexity index is 947. The van der Waals surface area contributed by atoms with Gasteiger partial charge in [0.25, 0.3) is 0 Å². The third kappa shape index (κ3) is 4.52. The summed E-state index contributed by atoms with van der Waals surface area (Å²) in [4.78, 5) is 12.9. The molecule has 0 spiro atoms. The van der Waals surface area contributed by atoms with Gasteiger partial charge in [0, 0.05) is 11.4 Å². The van der Waals surface area contributed by atoms with Gasteiger partial charge in [-0.3, -0.25) is 4.79 Å². The van der Waals surface area contributed by atoms with Crippen LogP contribution in [0.25, 0.3) is 0 Å². The van der Waals surface area contributed by atoms with Gasteiger partial charge in [-0.1, -0.05) is 23.7 Å². The summed E-state index contributed by atoms with van der Waals surface area (Å²) in [5, 5.41) is 0.696. The first-order valence-electron chi connectivity index (χ1n) is 10.1. The molecule has 0 N–H and O–H groups in total. The number of carbonyl (C=O) groups excluding carboxylic acids is 1. The molecule has 2 aromatic carbocycles. The molecule has 1 saturated carbocycles. The molecular weight excluding hydrogens is 407 g/mol. The summed E-state index contributed by atoms with van der Waals surface area (Å²) in [6, 6.07) is 9.91. The Morgan fingerprint density at radius 1 is 1.13 bits per heavy atom. The molecule has 0 bridgehead atoms. The fraction of sp³-hybridized carbons (Fsp3) is 0.375. The zero-order valence-electron chi connectivity index (χ0n) is 17.0. The number of hydrogen-bond donors (Lipinski definition) is 0. The van der Waals surface area contributed by atoms with E-state index in [1.807, 2.05) is 26.0 Å². The van der Waals surface area contributed by atoms with Crippen LogP contribution in [-0.2, 0) is 20.9 Å². The van der Waals surface area contributed by atoms with E-state index in [-0.39, 0.29) is 35.5 Å². The van der Waals surface area contributed by atoms with Gasteiger partial charge in [0.05, 0.1) is 18.6 Å². The molecule has 4 nitrogen and oxygen atoms in total. The maximum Gasteiger partial charge on any atom is 0.207 e. The van der Waals surface area contributed by atoms with Gasteiger partial charge >= 0.3 is 0 Å². The summed E-state index contributed by atoms with van der Waals surface area (Å²) in [7, 11) is 0. The fourth-order valence-electron chi connectivity index (χ4n) is 4.05. The molecule has 1 fully saturated rings. The molecule has 3 unspecified atom stereocenters. The number of carbonyl (C=O) groups is 1. The number of halogens is 2. The van der Waals surface area contributed by atoms with Crippen LogP contribution in [0.2, 0.25) is 5.02 Å². The maximum absolute atomic E-state index is 13.0. The first kappa shape index (κ1) is 20.9. The van der Waals surface area contributed by atoms with Crippen molar-refractivity contribution in [2.75, 3.05) is 0 Å². The average Bonchev–Trinajstić information content (AvgIpc) is 2.73. The molecule has 0 amide bonds. The van der Waals surface area contributed by atoms with Crippen LogP contribution in [0.15, 0.2) is 48.4 Å². The standard InChI is InChI=1S/C24H24ClFO4/c1-14-9-19(10-15(2)23(14)25)30-22-13-29-21-11-18(7-8-20(21)24(22)27)28-12-16-3-5-17(26)6-4-16/h3-6,9-10,13,18,20-21H,7-8,11-12H2,1-2H3. The van der Waals surface area contributed by atoms with Gasteiger partial charge in [0.1, 0.15) is 23.9 Å². The zero-order valence-corrected chi connectivity index (χ0v) is 17.7. The van der Waals surface area contributed by atoms with Gasteiger partial charge in [-0.25, -0.2) is 4.39 Å². The molecule has 3 atom stereocenters. The van der Waals surface area contributed by atoms with E-state index in [9.17, 15) is 9.18 Å². The van der Waals surface area contributed by atoms with E-state index >= 15 is 0 Å². The van der Waals surface area contributed by atoms with Crippen LogP contribution in [0.3, 0.4) is 0 Å². The Kier molecular flexibility index (Phi) is 6.11. The number of benzene rings is 2. The van der Waals surface area contributed by atoms with Crippen molar-refractivity contribution in [1.82, 2.24) is 0 Å². The summed E-state index contributed by atoms with van der Waals surface area (Å²) >= 11 is 6.21. The minimum atomic E-state index is -0.262. The van der Waals surface area contributed by atoms with Crippen molar-refractivity contribution in [3.05, 3.63) is 75.9 Å². The van der Waals surface area contributed by atoms with Gasteiger partial charge in [-0.2, -0.15) is 0 Å². The van der Waals surface area contributed by atoms with Crippen molar-refractivity contribution in [2.24, 2.45) is 5.92 Å². The molecule has 2 aliphatic rings. The number of ketones is 1. The molecule has 30 heavy (non-hydrogen) atoms. The number of rotatable bonds is 5. The van der Waals surface area contributed by atoms with Crippen LogP contribution in [0.4, 0.5) is 4.39 Å². The van der Waals surface area contributed by atoms with Gasteiger partial charge in [0.15, 0.2) is 0 Å². The van der Waals surface area contributed by atoms with E-state index in [1.165, 1.54) is 18.4 Å². The molecule has 4 rings (SSSR count). The Hall–Kier alpha value is -2.37. The van der Waals surface area contributed by atoms with Crippen molar-refractivity contribution >= 4 is 17.4 Å². The Balaban J connectivity index is 1.37. The second kappa shape index (κ2) is 8.78. The van der Waals surface area contributed by atoms with Gasteiger partial charge in [-0.05, 0) is 67.6 Å². The van der Waals surface area contributed by atoms with Crippen LogP contribution < -0.4 is 4.74 Å². The van der Waals surface area contributed by atoms with Crippen LogP contribution in [0.5, 0.6) is 5.75 Å². The molecule has 0 aromatic heterocycles. The zero-order chi connectivity index (χ0) is 21.3. The number of allylic oxidation sites excluding steroid dienone is 1. The second-order valence-electron chi connectivity index (χ2n) is 7.97. The fourth-order valence-corrected chi connectivity index (χ4v) is 4.15. The van der Waals surface area contributed by atoms with E-state index in [2.05, 4.69) is 0 Å². The molecule has 1 aliphatic heterocycles. The summed E-state index contributed by atoms with van der Waals surface area (Å²) in [6.45, 7) is 4.22. The first-order valence-corrected chi connectivity index (χ1v) is 10.5. The maximum atomic E-state index is 13.0. The van der Waals surface area contributed by atoms with Crippen molar-refractivity contribution in [3.63, 3.8) is 0 Å². The highest BCUT2D eigenvalue weighted by Gasteiger charge is 2.41. The van der Waals surface area contributed by atoms with Crippen LogP contribution >= 0.6 is 11.6 Å². The highest BCUT2D eigenvalue weighted by molar-refractivity contribution is 6.32. The molecule has 2 aromatic rings. The van der Waals surface area contributed by atoms with Crippen LogP contribution in [-0.4, -0.2) is 18.0 Å². The average molecular weight is 431 g/mol. The number of fused-ring (bicyclic) bond motifs is 1. The number of Topliss-reactive ketones (excluding diaryl/α,β-unsaturated/α-hetero) is 1. The Morgan fingerprint density at radius 3 is 2.53 bits per heavy atom. The third-order valence-electron chi connectivity index (χ3n) is 5.71. The summed E-state index contributed by atoms with van der Waals surface area (Å²) in [6.07, 6.45) is 3.29. The minimum Gasteiger partial charge on any atom is -0.493 e. The lowest BCUT2D eigenvalue weighted by atomic mass is 9.80. The van der Waals surface area contributed by atoms with Gasteiger partial charge in [0.2, 0.25) is 11.5 Å². The SMILES string of the molecule is Cc1cc(OC2=COC3CC(OCc4ccc(F)cc4)CCC3C2=O)cc(C)c1Cl. The Labute approximate surface area is 180 Å². The first-order chi connectivity index (χ1) is 14.4. The molecule has 1 heterocycles. The lowest BCUT2D eigenvalue weighted by molar-refractivity contribution is -0.134. The highest BCUT2D eigenvalue weighted by atomic mass is 35.5. The largest absolute Gasteiger partial charge is 0.493 e. The number of aryl methyl sites for hydroxylation is 2. The highest BCUT2D eigenvalue weighted by Crippen LogP contribution is 2.36. The predicted octanol–water partition coefficient (Wildman–Crippen LogP) is 5.67. The topological polar surface area (TPSA) is 44.8 Å². The van der Waals surface area contributed by atoms with Crippen LogP contribution in [0.1, 0.15) is 36.0 Å². The van der Waals surface area contributed by atoms with E-state index in [1.54, 1.807) is 12.1 Å². The normalized spacial score (nSPS) is 23.4. The lowest BCUT2D eigenvalue weighted by Crippen LogP contribution is -2.42. The van der Waals surface area contributed by atoms with Crippen molar-refractivity contribution in [3.8, 4) is 5.75 Å². The third-order valence-corrected chi connectivity index (χ3v) is 6.31. The summed E-state index contributed by atoms with van der Waals surface area (Å²) < 4.78 is 30.7. The molecule has 0 radical (unpaired) electrons. The van der Waals surface area contributed by atoms with Crippen molar-refractivity contribution in [1.29, 1.82) is 0 Å². The quantitative estimate of drug-likeness (QED) is 0.613. The van der Waals surface area contributed by atoms with Crippen molar-refractivity contribution < 1.29 is 23.4 Å². The number of ether oxygens (including phenoxy) is 3. The van der Waals surface area contributed by atoms with E-state index in [0.29, 0.717) is 30.2 Å². The van der Waals surface area contributed by atoms with E-state index < -0.39 is 0 Å². The van der Waals surface area contributed by atoms with E-state index in [4.69, 9.17) is 25.8 Å². The van der Waals surface area contributed by atoms with Gasteiger partial charge < -0.3 is 14.2 Å². The summed E-state index contributed by atoms with van der Waals surface area (Å²) in [5.41, 5.74) is 2.71. The van der Waals surface area contributed by atoms with Gasteiger partial charge in [-0.15, -0.1) is 0 Å². The molecule has 158 valence electrons. The molecule has 0 saturated heterocycles. The van der Waals surface area contributed by atoms with E-state index in [0.717, 1.165) is 23.1 Å². The monoisotopic (exact) mass is 430 g/mol. The molecule has 1 aliphatic carbocycles. The summed E-state index contributed by atoms with van der Waals surface area (Å²) in [5.74, 6) is 0.274. The Morgan fingerprint density at radius 2 is 1.83 bits per heavy atom. The predicted molar refractivity (Wildman–Crippen MR) is 112 cm³/mol. The second-order valence-corrected chi connectivity index (χ2v) is 8.35. The minimum absolute atomic E-state index is 0.00142.